The lowest BCUT2D eigenvalue weighted by Gasteiger charge is -2.46. The first-order chi connectivity index (χ1) is 11.2. The summed E-state index contributed by atoms with van der Waals surface area (Å²) < 4.78 is 5.82. The van der Waals surface area contributed by atoms with Crippen LogP contribution in [0.2, 0.25) is 0 Å². The van der Waals surface area contributed by atoms with Crippen LogP contribution in [0, 0.1) is 0 Å². The van der Waals surface area contributed by atoms with E-state index >= 15 is 0 Å². The van der Waals surface area contributed by atoms with Gasteiger partial charge in [-0.05, 0) is 24.6 Å². The molecule has 0 saturated carbocycles. The number of hydrogen-bond donors (Lipinski definition) is 0. The van der Waals surface area contributed by atoms with Crippen molar-refractivity contribution in [2.75, 3.05) is 6.61 Å². The van der Waals surface area contributed by atoms with Crippen molar-refractivity contribution in [2.45, 2.75) is 19.7 Å². The molecule has 0 spiro atoms. The van der Waals surface area contributed by atoms with Gasteiger partial charge in [-0.1, -0.05) is 36.4 Å². The molecule has 5 heteroatoms. The molecule has 2 aromatic rings. The highest BCUT2D eigenvalue weighted by Gasteiger charge is 2.44. The van der Waals surface area contributed by atoms with Gasteiger partial charge in [0.2, 0.25) is 0 Å². The molecule has 0 bridgehead atoms. The van der Waals surface area contributed by atoms with Crippen molar-refractivity contribution in [3.05, 3.63) is 70.8 Å². The number of nitrogens with zero attached hydrogens (tertiary/aromatic N) is 2. The molecule has 0 N–H and O–H groups in total. The van der Waals surface area contributed by atoms with Crippen LogP contribution in [-0.2, 0) is 11.3 Å². The van der Waals surface area contributed by atoms with Crippen molar-refractivity contribution in [2.24, 2.45) is 0 Å². The molecule has 0 saturated heterocycles. The van der Waals surface area contributed by atoms with E-state index < -0.39 is 6.23 Å². The van der Waals surface area contributed by atoms with Gasteiger partial charge in [-0.25, -0.2) is 10.0 Å². The normalized spacial score (nSPS) is 19.3. The Hall–Kier alpha value is -2.66. The van der Waals surface area contributed by atoms with Crippen LogP contribution in [0.1, 0.15) is 45.0 Å². The Morgan fingerprint density at radius 3 is 2.48 bits per heavy atom. The highest BCUT2D eigenvalue weighted by atomic mass is 16.5. The molecular formula is C18H16N2O3. The second-order valence-corrected chi connectivity index (χ2v) is 5.56. The average Bonchev–Trinajstić information content (AvgIpc) is 2.59. The van der Waals surface area contributed by atoms with Crippen LogP contribution < -0.4 is 0 Å². The predicted molar refractivity (Wildman–Crippen MR) is 83.3 cm³/mol. The van der Waals surface area contributed by atoms with Crippen LogP contribution in [0.5, 0.6) is 0 Å². The lowest BCUT2D eigenvalue weighted by Crippen LogP contribution is -2.57. The van der Waals surface area contributed by atoms with Gasteiger partial charge in [0.15, 0.2) is 6.23 Å². The number of hydrazine groups is 1. The van der Waals surface area contributed by atoms with E-state index in [1.54, 1.807) is 12.1 Å². The number of hydrogen-bond acceptors (Lipinski definition) is 3. The summed E-state index contributed by atoms with van der Waals surface area (Å²) in [6.07, 6.45) is -0.574. The van der Waals surface area contributed by atoms with Crippen LogP contribution >= 0.6 is 0 Å². The number of ether oxygens (including phenoxy) is 1. The van der Waals surface area contributed by atoms with E-state index in [1.807, 2.05) is 43.3 Å². The van der Waals surface area contributed by atoms with Crippen molar-refractivity contribution >= 4 is 11.8 Å². The fourth-order valence-electron chi connectivity index (χ4n) is 3.24. The second-order valence-electron chi connectivity index (χ2n) is 5.56. The van der Waals surface area contributed by atoms with Crippen LogP contribution in [0.4, 0.5) is 0 Å². The number of rotatable bonds is 2. The molecule has 2 aliphatic heterocycles. The minimum Gasteiger partial charge on any atom is -0.352 e. The van der Waals surface area contributed by atoms with Crippen molar-refractivity contribution in [3.8, 4) is 0 Å². The van der Waals surface area contributed by atoms with Gasteiger partial charge in [-0.2, -0.15) is 0 Å². The number of carbonyl (C=O) groups is 2. The Balaban J connectivity index is 1.88. The Morgan fingerprint density at radius 2 is 1.70 bits per heavy atom. The van der Waals surface area contributed by atoms with Crippen LogP contribution in [0.25, 0.3) is 0 Å². The maximum absolute atomic E-state index is 12.9. The highest BCUT2D eigenvalue weighted by molar-refractivity contribution is 6.03. The van der Waals surface area contributed by atoms with E-state index in [4.69, 9.17) is 4.74 Å². The number of fused-ring (bicyclic) bond motifs is 3. The molecule has 0 aromatic heterocycles. The summed E-state index contributed by atoms with van der Waals surface area (Å²) in [5, 5.41) is 2.95. The molecular weight excluding hydrogens is 292 g/mol. The van der Waals surface area contributed by atoms with Gasteiger partial charge in [-0.15, -0.1) is 0 Å². The van der Waals surface area contributed by atoms with Crippen molar-refractivity contribution in [1.82, 2.24) is 10.0 Å². The zero-order valence-electron chi connectivity index (χ0n) is 12.7. The standard InChI is InChI=1S/C18H16N2O3/c1-2-23-18-15-10-6-5-9-14(15)16(21)19-11-12-7-3-4-8-13(12)17(22)20(18)19/h3-10,18H,2,11H2,1H3/t18-/m1/s1. The first-order valence-electron chi connectivity index (χ1n) is 7.66. The van der Waals surface area contributed by atoms with E-state index in [1.165, 1.54) is 10.0 Å². The number of amides is 2. The fourth-order valence-corrected chi connectivity index (χ4v) is 3.24. The molecule has 4 rings (SSSR count). The third kappa shape index (κ3) is 1.97. The lowest BCUT2D eigenvalue weighted by molar-refractivity contribution is -0.134. The molecule has 2 heterocycles. The summed E-state index contributed by atoms with van der Waals surface area (Å²) in [5.41, 5.74) is 2.81. The maximum atomic E-state index is 12.9. The van der Waals surface area contributed by atoms with Crippen LogP contribution in [0.3, 0.4) is 0 Å². The smallest absolute Gasteiger partial charge is 0.275 e. The minimum atomic E-state index is -0.574. The average molecular weight is 308 g/mol. The Labute approximate surface area is 134 Å². The third-order valence-electron chi connectivity index (χ3n) is 4.27. The van der Waals surface area contributed by atoms with E-state index in [2.05, 4.69) is 0 Å². The predicted octanol–water partition coefficient (Wildman–Crippen LogP) is 2.75. The van der Waals surface area contributed by atoms with Crippen LogP contribution in [-0.4, -0.2) is 28.4 Å². The fraction of sp³-hybridized carbons (Fsp3) is 0.222. The van der Waals surface area contributed by atoms with Gasteiger partial charge in [0, 0.05) is 23.3 Å². The minimum absolute atomic E-state index is 0.167. The second kappa shape index (κ2) is 5.21. The van der Waals surface area contributed by atoms with Gasteiger partial charge in [0.1, 0.15) is 0 Å². The summed E-state index contributed by atoms with van der Waals surface area (Å²) in [6.45, 7) is 2.71. The largest absolute Gasteiger partial charge is 0.352 e. The van der Waals surface area contributed by atoms with E-state index in [9.17, 15) is 9.59 Å². The SMILES string of the molecule is CCO[C@@H]1c2ccccc2C(=O)N2Cc3ccccc3C(=O)N12. The molecule has 0 fully saturated rings. The van der Waals surface area contributed by atoms with Crippen LogP contribution in [0.15, 0.2) is 48.5 Å². The van der Waals surface area contributed by atoms with Gasteiger partial charge in [0.05, 0.1) is 6.54 Å². The summed E-state index contributed by atoms with van der Waals surface area (Å²) >= 11 is 0. The van der Waals surface area contributed by atoms with Crippen molar-refractivity contribution in [3.63, 3.8) is 0 Å². The van der Waals surface area contributed by atoms with Crippen molar-refractivity contribution in [1.29, 1.82) is 0 Å². The summed E-state index contributed by atoms with van der Waals surface area (Å²) in [4.78, 5) is 25.8. The molecule has 2 amide bonds. The topological polar surface area (TPSA) is 49.9 Å². The molecule has 2 aromatic carbocycles. The zero-order chi connectivity index (χ0) is 16.0. The van der Waals surface area contributed by atoms with E-state index in [-0.39, 0.29) is 11.8 Å². The summed E-state index contributed by atoms with van der Waals surface area (Å²) in [6, 6.07) is 14.7. The summed E-state index contributed by atoms with van der Waals surface area (Å²) in [7, 11) is 0. The first-order valence-corrected chi connectivity index (χ1v) is 7.66. The lowest BCUT2D eigenvalue weighted by atomic mass is 9.97. The molecule has 2 aliphatic rings. The van der Waals surface area contributed by atoms with E-state index in [0.717, 1.165) is 11.1 Å². The summed E-state index contributed by atoms with van der Waals surface area (Å²) in [5.74, 6) is -0.368. The van der Waals surface area contributed by atoms with Gasteiger partial charge in [0.25, 0.3) is 11.8 Å². The first kappa shape index (κ1) is 14.0. The zero-order valence-corrected chi connectivity index (χ0v) is 12.7. The monoisotopic (exact) mass is 308 g/mol. The van der Waals surface area contributed by atoms with Gasteiger partial charge >= 0.3 is 0 Å². The van der Waals surface area contributed by atoms with Crippen molar-refractivity contribution < 1.29 is 14.3 Å². The number of benzene rings is 2. The molecule has 1 atom stereocenters. The molecule has 0 radical (unpaired) electrons. The molecule has 23 heavy (non-hydrogen) atoms. The van der Waals surface area contributed by atoms with E-state index in [0.29, 0.717) is 24.3 Å². The van der Waals surface area contributed by atoms with Gasteiger partial charge in [-0.3, -0.25) is 9.59 Å². The highest BCUT2D eigenvalue weighted by Crippen LogP contribution is 2.38. The maximum Gasteiger partial charge on any atom is 0.275 e. The Bertz CT molecular complexity index is 802. The Morgan fingerprint density at radius 1 is 1.00 bits per heavy atom. The molecule has 5 nitrogen and oxygen atoms in total. The molecule has 116 valence electrons. The third-order valence-corrected chi connectivity index (χ3v) is 4.27. The Kier molecular flexibility index (Phi) is 3.16. The molecule has 0 aliphatic carbocycles. The van der Waals surface area contributed by atoms with Gasteiger partial charge < -0.3 is 4.74 Å². The number of carbonyl (C=O) groups excluding carboxylic acids is 2. The quantitative estimate of drug-likeness (QED) is 0.857. The molecule has 0 unspecified atom stereocenters.